The molecule has 2 amide bonds. The topological polar surface area (TPSA) is 71.8 Å². The molecule has 1 aromatic heterocycles. The average Bonchev–Trinajstić information content (AvgIpc) is 3.21. The normalized spacial score (nSPS) is 15.4. The van der Waals surface area contributed by atoms with E-state index < -0.39 is 0 Å². The first-order chi connectivity index (χ1) is 13.3. The molecule has 0 saturated carbocycles. The minimum atomic E-state index is -0.136. The highest BCUT2D eigenvalue weighted by Crippen LogP contribution is 2.32. The summed E-state index contributed by atoms with van der Waals surface area (Å²) >= 11 is 0. The molecule has 0 atom stereocenters. The van der Waals surface area contributed by atoms with Gasteiger partial charge in [-0.25, -0.2) is 0 Å². The number of piperidine rings is 1. The van der Waals surface area contributed by atoms with Gasteiger partial charge in [0.25, 0.3) is 5.91 Å². The SMILES string of the molecule is COc1ccc(C(C)(C)C)cc1NC(=O)C1CCN(C(=O)c2ccco2)CC1. The molecule has 0 aliphatic carbocycles. The molecule has 0 unspecified atom stereocenters. The van der Waals surface area contributed by atoms with Crippen LogP contribution in [0.5, 0.6) is 5.75 Å². The van der Waals surface area contributed by atoms with Crippen LogP contribution in [0.1, 0.15) is 49.7 Å². The fourth-order valence-corrected chi connectivity index (χ4v) is 3.41. The quantitative estimate of drug-likeness (QED) is 0.862. The minimum absolute atomic E-state index is 0.0245. The number of rotatable bonds is 4. The van der Waals surface area contributed by atoms with Gasteiger partial charge >= 0.3 is 0 Å². The predicted octanol–water partition coefficient (Wildman–Crippen LogP) is 4.08. The lowest BCUT2D eigenvalue weighted by Gasteiger charge is -2.31. The van der Waals surface area contributed by atoms with Crippen LogP contribution in [0.3, 0.4) is 0 Å². The van der Waals surface area contributed by atoms with E-state index in [0.717, 1.165) is 5.56 Å². The van der Waals surface area contributed by atoms with Crippen molar-refractivity contribution in [3.05, 3.63) is 47.9 Å². The third kappa shape index (κ3) is 4.38. The van der Waals surface area contributed by atoms with Crippen LogP contribution < -0.4 is 10.1 Å². The molecule has 1 saturated heterocycles. The summed E-state index contributed by atoms with van der Waals surface area (Å²) in [5.74, 6) is 0.694. The molecular formula is C22H28N2O4. The molecular weight excluding hydrogens is 356 g/mol. The van der Waals surface area contributed by atoms with Crippen molar-refractivity contribution in [3.8, 4) is 5.75 Å². The van der Waals surface area contributed by atoms with E-state index in [1.807, 2.05) is 18.2 Å². The maximum atomic E-state index is 12.8. The van der Waals surface area contributed by atoms with Crippen molar-refractivity contribution in [3.63, 3.8) is 0 Å². The summed E-state index contributed by atoms with van der Waals surface area (Å²) in [4.78, 5) is 26.9. The Kier molecular flexibility index (Phi) is 5.77. The van der Waals surface area contributed by atoms with Crippen LogP contribution in [0.2, 0.25) is 0 Å². The van der Waals surface area contributed by atoms with Crippen molar-refractivity contribution in [2.45, 2.75) is 39.0 Å². The molecule has 1 aliphatic heterocycles. The minimum Gasteiger partial charge on any atom is -0.495 e. The summed E-state index contributed by atoms with van der Waals surface area (Å²) in [5, 5.41) is 3.03. The fourth-order valence-electron chi connectivity index (χ4n) is 3.41. The largest absolute Gasteiger partial charge is 0.495 e. The van der Waals surface area contributed by atoms with Gasteiger partial charge in [-0.2, -0.15) is 0 Å². The smallest absolute Gasteiger partial charge is 0.289 e. The zero-order valence-corrected chi connectivity index (χ0v) is 17.0. The van der Waals surface area contributed by atoms with Gasteiger partial charge in [-0.05, 0) is 48.1 Å². The molecule has 1 fully saturated rings. The summed E-state index contributed by atoms with van der Waals surface area (Å²) in [6.45, 7) is 7.47. The Morgan fingerprint density at radius 3 is 2.46 bits per heavy atom. The van der Waals surface area contributed by atoms with Crippen molar-refractivity contribution in [2.24, 2.45) is 5.92 Å². The monoisotopic (exact) mass is 384 g/mol. The molecule has 6 nitrogen and oxygen atoms in total. The molecule has 1 N–H and O–H groups in total. The van der Waals surface area contributed by atoms with E-state index in [1.165, 1.54) is 6.26 Å². The first-order valence-electron chi connectivity index (χ1n) is 9.62. The molecule has 0 spiro atoms. The lowest BCUT2D eigenvalue weighted by atomic mass is 9.86. The Morgan fingerprint density at radius 2 is 1.89 bits per heavy atom. The number of nitrogens with zero attached hydrogens (tertiary/aromatic N) is 1. The highest BCUT2D eigenvalue weighted by Gasteiger charge is 2.29. The van der Waals surface area contributed by atoms with E-state index in [2.05, 4.69) is 26.1 Å². The van der Waals surface area contributed by atoms with Crippen molar-refractivity contribution in [1.29, 1.82) is 0 Å². The van der Waals surface area contributed by atoms with Gasteiger partial charge in [0.05, 0.1) is 19.1 Å². The average molecular weight is 384 g/mol. The number of amides is 2. The number of furan rings is 1. The Hall–Kier alpha value is -2.76. The molecule has 0 bridgehead atoms. The summed E-state index contributed by atoms with van der Waals surface area (Å²) in [6.07, 6.45) is 2.74. The van der Waals surface area contributed by atoms with Gasteiger partial charge in [-0.3, -0.25) is 9.59 Å². The number of benzene rings is 1. The van der Waals surface area contributed by atoms with Crippen LogP contribution in [-0.2, 0) is 10.2 Å². The molecule has 150 valence electrons. The molecule has 28 heavy (non-hydrogen) atoms. The highest BCUT2D eigenvalue weighted by molar-refractivity contribution is 5.95. The number of methoxy groups -OCH3 is 1. The van der Waals surface area contributed by atoms with Gasteiger partial charge in [0.15, 0.2) is 5.76 Å². The van der Waals surface area contributed by atoms with Crippen molar-refractivity contribution in [2.75, 3.05) is 25.5 Å². The summed E-state index contributed by atoms with van der Waals surface area (Å²) in [7, 11) is 1.60. The number of carbonyl (C=O) groups is 2. The number of anilines is 1. The summed E-state index contributed by atoms with van der Waals surface area (Å²) in [6, 6.07) is 9.25. The highest BCUT2D eigenvalue weighted by atomic mass is 16.5. The van der Waals surface area contributed by atoms with Crippen LogP contribution in [-0.4, -0.2) is 36.9 Å². The van der Waals surface area contributed by atoms with Gasteiger partial charge in [0.1, 0.15) is 5.75 Å². The molecule has 3 rings (SSSR count). The lowest BCUT2D eigenvalue weighted by molar-refractivity contribution is -0.121. The first-order valence-corrected chi connectivity index (χ1v) is 9.62. The van der Waals surface area contributed by atoms with E-state index in [1.54, 1.807) is 24.1 Å². The van der Waals surface area contributed by atoms with Crippen molar-refractivity contribution < 1.29 is 18.7 Å². The zero-order valence-electron chi connectivity index (χ0n) is 17.0. The Morgan fingerprint density at radius 1 is 1.18 bits per heavy atom. The Bertz CT molecular complexity index is 829. The van der Waals surface area contributed by atoms with E-state index in [-0.39, 0.29) is 23.1 Å². The second-order valence-corrected chi connectivity index (χ2v) is 8.20. The van der Waals surface area contributed by atoms with E-state index in [0.29, 0.717) is 43.1 Å². The summed E-state index contributed by atoms with van der Waals surface area (Å²) < 4.78 is 10.6. The molecule has 1 aromatic carbocycles. The second-order valence-electron chi connectivity index (χ2n) is 8.20. The Labute approximate surface area is 165 Å². The zero-order chi connectivity index (χ0) is 20.3. The van der Waals surface area contributed by atoms with Crippen LogP contribution in [0.15, 0.2) is 41.0 Å². The van der Waals surface area contributed by atoms with Gasteiger partial charge in [0, 0.05) is 19.0 Å². The maximum Gasteiger partial charge on any atom is 0.289 e. The second kappa shape index (κ2) is 8.09. The molecule has 0 radical (unpaired) electrons. The van der Waals surface area contributed by atoms with E-state index in [9.17, 15) is 9.59 Å². The third-order valence-electron chi connectivity index (χ3n) is 5.21. The van der Waals surface area contributed by atoms with E-state index in [4.69, 9.17) is 9.15 Å². The maximum absolute atomic E-state index is 12.8. The van der Waals surface area contributed by atoms with Gasteiger partial charge in [-0.15, -0.1) is 0 Å². The molecule has 2 heterocycles. The van der Waals surface area contributed by atoms with Gasteiger partial charge in [0.2, 0.25) is 5.91 Å². The number of ether oxygens (including phenoxy) is 1. The fraction of sp³-hybridized carbons (Fsp3) is 0.455. The standard InChI is InChI=1S/C22H28N2O4/c1-22(2,3)16-7-8-18(27-4)17(14-16)23-20(25)15-9-11-24(12-10-15)21(26)19-6-5-13-28-19/h5-8,13-15H,9-12H2,1-4H3,(H,23,25). The first kappa shape index (κ1) is 20.0. The van der Waals surface area contributed by atoms with Crippen LogP contribution >= 0.6 is 0 Å². The lowest BCUT2D eigenvalue weighted by Crippen LogP contribution is -2.41. The number of nitrogens with one attached hydrogen (secondary N) is 1. The number of carbonyl (C=O) groups excluding carboxylic acids is 2. The number of hydrogen-bond acceptors (Lipinski definition) is 4. The third-order valence-corrected chi connectivity index (χ3v) is 5.21. The van der Waals surface area contributed by atoms with Crippen LogP contribution in [0.4, 0.5) is 5.69 Å². The van der Waals surface area contributed by atoms with Gasteiger partial charge < -0.3 is 19.4 Å². The predicted molar refractivity (Wildman–Crippen MR) is 108 cm³/mol. The van der Waals surface area contributed by atoms with Gasteiger partial charge in [-0.1, -0.05) is 26.8 Å². The van der Waals surface area contributed by atoms with Crippen LogP contribution in [0.25, 0.3) is 0 Å². The van der Waals surface area contributed by atoms with E-state index >= 15 is 0 Å². The number of hydrogen-bond donors (Lipinski definition) is 1. The Balaban J connectivity index is 1.64. The van der Waals surface area contributed by atoms with Crippen molar-refractivity contribution in [1.82, 2.24) is 4.90 Å². The molecule has 2 aromatic rings. The number of likely N-dealkylation sites (tertiary alicyclic amines) is 1. The van der Waals surface area contributed by atoms with Crippen LogP contribution in [0, 0.1) is 5.92 Å². The molecule has 1 aliphatic rings. The molecule has 6 heteroatoms. The summed E-state index contributed by atoms with van der Waals surface area (Å²) in [5.41, 5.74) is 1.79. The van der Waals surface area contributed by atoms with Crippen molar-refractivity contribution >= 4 is 17.5 Å².